The molecule has 7 aromatic rings. The maximum absolute atomic E-state index is 12.5. The minimum atomic E-state index is 0.202. The molecule has 7 aromatic carbocycles. The summed E-state index contributed by atoms with van der Waals surface area (Å²) in [6.07, 6.45) is 4.52. The molecule has 0 spiro atoms. The fraction of sp³-hybridized carbons (Fsp3) is 0.0294. The highest BCUT2D eigenvalue weighted by molar-refractivity contribution is 6.17. The van der Waals surface area contributed by atoms with Crippen LogP contribution in [0.1, 0.15) is 22.3 Å². The summed E-state index contributed by atoms with van der Waals surface area (Å²) >= 11 is 0. The molecule has 0 unspecified atom stereocenters. The topological polar surface area (TPSA) is 17.1 Å². The lowest BCUT2D eigenvalue weighted by molar-refractivity contribution is 0.0994. The van der Waals surface area contributed by atoms with E-state index in [4.69, 9.17) is 0 Å². The Labute approximate surface area is 201 Å². The molecule has 8 rings (SSSR count). The summed E-state index contributed by atoms with van der Waals surface area (Å²) in [5, 5.41) is 14.8. The number of hydrogen-bond donors (Lipinski definition) is 0. The Balaban J connectivity index is 1.42. The molecule has 0 bridgehead atoms. The van der Waals surface area contributed by atoms with E-state index < -0.39 is 0 Å². The Morgan fingerprint density at radius 1 is 0.457 bits per heavy atom. The van der Waals surface area contributed by atoms with E-state index in [0.29, 0.717) is 6.42 Å². The van der Waals surface area contributed by atoms with E-state index in [-0.39, 0.29) is 5.78 Å². The third kappa shape index (κ3) is 2.79. The minimum absolute atomic E-state index is 0.202. The van der Waals surface area contributed by atoms with Crippen molar-refractivity contribution in [2.24, 2.45) is 0 Å². The normalized spacial score (nSPS) is 13.5. The van der Waals surface area contributed by atoms with E-state index in [1.807, 2.05) is 6.08 Å². The summed E-state index contributed by atoms with van der Waals surface area (Å²) in [7, 11) is 0. The molecule has 0 saturated heterocycles. The van der Waals surface area contributed by atoms with Gasteiger partial charge in [-0.05, 0) is 131 Å². The first kappa shape index (κ1) is 18.9. The second-order valence-corrected chi connectivity index (χ2v) is 9.77. The number of benzene rings is 7. The van der Waals surface area contributed by atoms with Crippen LogP contribution in [0.2, 0.25) is 0 Å². The van der Waals surface area contributed by atoms with Crippen molar-refractivity contribution in [3.05, 3.63) is 114 Å². The number of hydrogen-bond acceptors (Lipinski definition) is 1. The lowest BCUT2D eigenvalue weighted by Gasteiger charge is -2.13. The average Bonchev–Trinajstić information content (AvgIpc) is 2.88. The van der Waals surface area contributed by atoms with Gasteiger partial charge in [0.2, 0.25) is 0 Å². The van der Waals surface area contributed by atoms with Gasteiger partial charge in [0.15, 0.2) is 5.78 Å². The zero-order valence-electron chi connectivity index (χ0n) is 19.0. The van der Waals surface area contributed by atoms with Crippen LogP contribution in [0.5, 0.6) is 0 Å². The number of Topliss-reactive ketones (excluding diaryl/α,β-unsaturated/α-hetero) is 1. The maximum atomic E-state index is 12.5. The van der Waals surface area contributed by atoms with E-state index in [1.165, 1.54) is 59.2 Å². The second-order valence-electron chi connectivity index (χ2n) is 9.77. The largest absolute Gasteiger partial charge is 0.294 e. The molecule has 0 amide bonds. The molecule has 0 aliphatic heterocycles. The lowest BCUT2D eigenvalue weighted by atomic mass is 9.90. The molecule has 0 heterocycles. The fourth-order valence-electron chi connectivity index (χ4n) is 5.85. The Morgan fingerprint density at radius 2 is 0.943 bits per heavy atom. The first-order valence-corrected chi connectivity index (χ1v) is 12.1. The van der Waals surface area contributed by atoms with E-state index >= 15 is 0 Å². The number of fused-ring (bicyclic) bond motifs is 8. The smallest absolute Gasteiger partial charge is 0.167 e. The standard InChI is InChI=1S/C34H20O/c35-34-7-3-6-22-12-27-13-23-8-9-24-14-28-15-25-10-20-4-1-2-5-21(20)11-26(25)16-29(28)17-31(24)32(23)18-30(27)19-33(22)34/h1-6,8-19H,7H2. The van der Waals surface area contributed by atoms with Crippen LogP contribution < -0.4 is 0 Å². The van der Waals surface area contributed by atoms with Crippen molar-refractivity contribution in [3.8, 4) is 0 Å². The van der Waals surface area contributed by atoms with Gasteiger partial charge < -0.3 is 0 Å². The highest BCUT2D eigenvalue weighted by Gasteiger charge is 2.15. The molecule has 35 heavy (non-hydrogen) atoms. The van der Waals surface area contributed by atoms with Crippen LogP contribution in [0.25, 0.3) is 70.7 Å². The number of carbonyl (C=O) groups excluding carboxylic acids is 1. The summed E-state index contributed by atoms with van der Waals surface area (Å²) in [5.74, 6) is 0.202. The van der Waals surface area contributed by atoms with Crippen LogP contribution in [0, 0.1) is 0 Å². The molecule has 0 atom stereocenters. The van der Waals surface area contributed by atoms with Crippen molar-refractivity contribution in [1.82, 2.24) is 0 Å². The minimum Gasteiger partial charge on any atom is -0.294 e. The lowest BCUT2D eigenvalue weighted by Crippen LogP contribution is -2.03. The van der Waals surface area contributed by atoms with Gasteiger partial charge in [-0.1, -0.05) is 48.6 Å². The average molecular weight is 445 g/mol. The Morgan fingerprint density at radius 3 is 1.57 bits per heavy atom. The predicted octanol–water partition coefficient (Wildman–Crippen LogP) is 9.21. The van der Waals surface area contributed by atoms with Crippen LogP contribution in [-0.4, -0.2) is 5.78 Å². The van der Waals surface area contributed by atoms with Gasteiger partial charge in [-0.25, -0.2) is 0 Å². The molecule has 1 heteroatoms. The molecular formula is C34H20O. The molecule has 1 aliphatic rings. The van der Waals surface area contributed by atoms with Crippen LogP contribution in [0.4, 0.5) is 0 Å². The van der Waals surface area contributed by atoms with Crippen molar-refractivity contribution in [1.29, 1.82) is 0 Å². The van der Waals surface area contributed by atoms with Crippen molar-refractivity contribution in [3.63, 3.8) is 0 Å². The summed E-state index contributed by atoms with van der Waals surface area (Å²) in [5.41, 5.74) is 1.86. The molecule has 0 radical (unpaired) electrons. The van der Waals surface area contributed by atoms with E-state index in [2.05, 4.69) is 103 Å². The summed E-state index contributed by atoms with van der Waals surface area (Å²) in [4.78, 5) is 12.5. The van der Waals surface area contributed by atoms with Crippen molar-refractivity contribution < 1.29 is 4.79 Å². The zero-order chi connectivity index (χ0) is 23.1. The monoisotopic (exact) mass is 444 g/mol. The van der Waals surface area contributed by atoms with Crippen LogP contribution in [0.3, 0.4) is 0 Å². The van der Waals surface area contributed by atoms with Crippen LogP contribution in [0.15, 0.2) is 103 Å². The summed E-state index contributed by atoms with van der Waals surface area (Å²) in [6, 6.07) is 35.6. The number of rotatable bonds is 0. The van der Waals surface area contributed by atoms with Gasteiger partial charge in [-0.3, -0.25) is 4.79 Å². The second kappa shape index (κ2) is 6.77. The maximum Gasteiger partial charge on any atom is 0.167 e. The fourth-order valence-corrected chi connectivity index (χ4v) is 5.85. The van der Waals surface area contributed by atoms with E-state index in [1.54, 1.807) is 0 Å². The van der Waals surface area contributed by atoms with Gasteiger partial charge in [0.05, 0.1) is 0 Å². The molecular weight excluding hydrogens is 424 g/mol. The molecule has 0 N–H and O–H groups in total. The Kier molecular flexibility index (Phi) is 3.65. The Hall–Kier alpha value is -4.49. The van der Waals surface area contributed by atoms with Crippen molar-refractivity contribution in [2.45, 2.75) is 6.42 Å². The third-order valence-corrected chi connectivity index (χ3v) is 7.64. The highest BCUT2D eigenvalue weighted by Crippen LogP contribution is 2.36. The van der Waals surface area contributed by atoms with Crippen molar-refractivity contribution >= 4 is 76.5 Å². The quantitative estimate of drug-likeness (QED) is 0.168. The molecule has 0 aromatic heterocycles. The predicted molar refractivity (Wildman–Crippen MR) is 149 cm³/mol. The van der Waals surface area contributed by atoms with E-state index in [0.717, 1.165) is 16.5 Å². The summed E-state index contributed by atoms with van der Waals surface area (Å²) < 4.78 is 0. The van der Waals surface area contributed by atoms with E-state index in [9.17, 15) is 4.79 Å². The van der Waals surface area contributed by atoms with Gasteiger partial charge in [-0.2, -0.15) is 0 Å². The summed E-state index contributed by atoms with van der Waals surface area (Å²) in [6.45, 7) is 0. The number of carbonyl (C=O) groups is 1. The van der Waals surface area contributed by atoms with Crippen molar-refractivity contribution in [2.75, 3.05) is 0 Å². The first-order valence-electron chi connectivity index (χ1n) is 12.1. The molecule has 0 saturated carbocycles. The molecule has 162 valence electrons. The first-order chi connectivity index (χ1) is 17.2. The SMILES string of the molecule is O=C1CC=Cc2cc3cc4ccc5cc6cc7cc8ccccc8cc7cc6cc5c4cc3cc21. The molecule has 1 aliphatic carbocycles. The molecule has 0 fully saturated rings. The van der Waals surface area contributed by atoms with Gasteiger partial charge in [0.25, 0.3) is 0 Å². The zero-order valence-corrected chi connectivity index (χ0v) is 19.0. The van der Waals surface area contributed by atoms with Gasteiger partial charge >= 0.3 is 0 Å². The van der Waals surface area contributed by atoms with Gasteiger partial charge in [0, 0.05) is 12.0 Å². The number of allylic oxidation sites excluding steroid dienone is 1. The highest BCUT2D eigenvalue weighted by atomic mass is 16.1. The Bertz CT molecular complexity index is 2090. The van der Waals surface area contributed by atoms with Gasteiger partial charge in [-0.15, -0.1) is 0 Å². The number of ketones is 1. The van der Waals surface area contributed by atoms with Crippen LogP contribution >= 0.6 is 0 Å². The van der Waals surface area contributed by atoms with Gasteiger partial charge in [0.1, 0.15) is 0 Å². The van der Waals surface area contributed by atoms with Crippen LogP contribution in [-0.2, 0) is 0 Å². The molecule has 1 nitrogen and oxygen atoms in total. The third-order valence-electron chi connectivity index (χ3n) is 7.64.